The smallest absolute Gasteiger partial charge is 0.142 e. The summed E-state index contributed by atoms with van der Waals surface area (Å²) in [5.74, 6) is 0.770. The van der Waals surface area contributed by atoms with Crippen LogP contribution in [0.2, 0.25) is 0 Å². The van der Waals surface area contributed by atoms with E-state index in [1.807, 2.05) is 12.1 Å². The highest BCUT2D eigenvalue weighted by atomic mass is 16.5. The second-order valence-electron chi connectivity index (χ2n) is 5.90. The molecule has 0 amide bonds. The zero-order chi connectivity index (χ0) is 16.6. The SMILES string of the molecule is CCN1CCOc2ccc([C@@H]3O[C@H](CO)[C@@H](O)[C@H](O)[C@H]3O)cc21. The maximum atomic E-state index is 10.2. The van der Waals surface area contributed by atoms with Crippen LogP contribution in [0.3, 0.4) is 0 Å². The quantitative estimate of drug-likeness (QED) is 0.590. The first-order valence-corrected chi connectivity index (χ1v) is 7.89. The van der Waals surface area contributed by atoms with Gasteiger partial charge in [0.2, 0.25) is 0 Å². The van der Waals surface area contributed by atoms with Crippen LogP contribution in [-0.4, -0.2) is 71.1 Å². The van der Waals surface area contributed by atoms with Gasteiger partial charge in [-0.3, -0.25) is 0 Å². The highest BCUT2D eigenvalue weighted by Crippen LogP contribution is 2.38. The lowest BCUT2D eigenvalue weighted by Crippen LogP contribution is -2.55. The van der Waals surface area contributed by atoms with E-state index < -0.39 is 37.1 Å². The van der Waals surface area contributed by atoms with Gasteiger partial charge in [-0.2, -0.15) is 0 Å². The molecule has 0 saturated carbocycles. The first kappa shape index (κ1) is 16.5. The Morgan fingerprint density at radius 2 is 1.96 bits per heavy atom. The normalized spacial score (nSPS) is 34.0. The van der Waals surface area contributed by atoms with E-state index in [4.69, 9.17) is 9.47 Å². The summed E-state index contributed by atoms with van der Waals surface area (Å²) in [5.41, 5.74) is 1.58. The average Bonchev–Trinajstić information content (AvgIpc) is 2.59. The molecule has 1 aromatic carbocycles. The molecule has 128 valence electrons. The summed E-state index contributed by atoms with van der Waals surface area (Å²) < 4.78 is 11.2. The Morgan fingerprint density at radius 1 is 1.17 bits per heavy atom. The Bertz CT molecular complexity index is 551. The second-order valence-corrected chi connectivity index (χ2v) is 5.90. The van der Waals surface area contributed by atoms with Gasteiger partial charge in [-0.05, 0) is 24.6 Å². The van der Waals surface area contributed by atoms with E-state index >= 15 is 0 Å². The molecule has 0 aromatic heterocycles. The van der Waals surface area contributed by atoms with Gasteiger partial charge in [-0.1, -0.05) is 6.07 Å². The maximum Gasteiger partial charge on any atom is 0.142 e. The molecule has 7 nitrogen and oxygen atoms in total. The number of hydrogen-bond acceptors (Lipinski definition) is 7. The van der Waals surface area contributed by atoms with Gasteiger partial charge in [-0.15, -0.1) is 0 Å². The van der Waals surface area contributed by atoms with E-state index in [1.165, 1.54) is 0 Å². The molecule has 0 radical (unpaired) electrons. The summed E-state index contributed by atoms with van der Waals surface area (Å²) in [4.78, 5) is 2.16. The zero-order valence-electron chi connectivity index (χ0n) is 13.0. The van der Waals surface area contributed by atoms with E-state index in [2.05, 4.69) is 11.8 Å². The first-order valence-electron chi connectivity index (χ1n) is 7.89. The van der Waals surface area contributed by atoms with Crippen molar-refractivity contribution < 1.29 is 29.9 Å². The predicted molar refractivity (Wildman–Crippen MR) is 82.5 cm³/mol. The zero-order valence-corrected chi connectivity index (χ0v) is 13.0. The number of nitrogens with zero attached hydrogens (tertiary/aromatic N) is 1. The maximum absolute atomic E-state index is 10.2. The number of benzene rings is 1. The van der Waals surface area contributed by atoms with Crippen molar-refractivity contribution in [1.29, 1.82) is 0 Å². The minimum Gasteiger partial charge on any atom is -0.490 e. The van der Waals surface area contributed by atoms with Gasteiger partial charge in [0, 0.05) is 6.54 Å². The van der Waals surface area contributed by atoms with Crippen LogP contribution in [0.4, 0.5) is 5.69 Å². The second kappa shape index (κ2) is 6.62. The van der Waals surface area contributed by atoms with E-state index in [9.17, 15) is 20.4 Å². The number of hydrogen-bond donors (Lipinski definition) is 4. The van der Waals surface area contributed by atoms with E-state index in [0.717, 1.165) is 24.5 Å². The molecular formula is C16H23NO6. The molecule has 0 aliphatic carbocycles. The first-order chi connectivity index (χ1) is 11.1. The largest absolute Gasteiger partial charge is 0.490 e. The molecule has 2 heterocycles. The van der Waals surface area contributed by atoms with Crippen LogP contribution in [0.1, 0.15) is 18.6 Å². The Kier molecular flexibility index (Phi) is 4.74. The van der Waals surface area contributed by atoms with Gasteiger partial charge in [0.05, 0.1) is 18.8 Å². The molecule has 5 atom stereocenters. The minimum absolute atomic E-state index is 0.434. The summed E-state index contributed by atoms with van der Waals surface area (Å²) in [6, 6.07) is 5.45. The predicted octanol–water partition coefficient (Wildman–Crippen LogP) is -0.580. The Labute approximate surface area is 134 Å². The molecule has 3 rings (SSSR count). The van der Waals surface area contributed by atoms with Gasteiger partial charge in [0.25, 0.3) is 0 Å². The lowest BCUT2D eigenvalue weighted by Gasteiger charge is -2.40. The molecule has 1 fully saturated rings. The molecule has 0 unspecified atom stereocenters. The van der Waals surface area contributed by atoms with E-state index in [0.29, 0.717) is 12.2 Å². The Morgan fingerprint density at radius 3 is 2.65 bits per heavy atom. The highest BCUT2D eigenvalue weighted by Gasteiger charge is 2.44. The fourth-order valence-electron chi connectivity index (χ4n) is 3.17. The van der Waals surface area contributed by atoms with Crippen LogP contribution < -0.4 is 9.64 Å². The molecule has 1 saturated heterocycles. The van der Waals surface area contributed by atoms with Crippen molar-refractivity contribution in [2.24, 2.45) is 0 Å². The van der Waals surface area contributed by atoms with Gasteiger partial charge in [0.1, 0.15) is 42.9 Å². The Balaban J connectivity index is 1.91. The Hall–Kier alpha value is -1.38. The molecular weight excluding hydrogens is 302 g/mol. The third-order valence-corrected chi connectivity index (χ3v) is 4.54. The van der Waals surface area contributed by atoms with Crippen molar-refractivity contribution in [3.05, 3.63) is 23.8 Å². The van der Waals surface area contributed by atoms with Crippen LogP contribution in [-0.2, 0) is 4.74 Å². The lowest BCUT2D eigenvalue weighted by atomic mass is 9.91. The fourth-order valence-corrected chi connectivity index (χ4v) is 3.17. The highest BCUT2D eigenvalue weighted by molar-refractivity contribution is 5.61. The standard InChI is InChI=1S/C16H23NO6/c1-2-17-5-6-22-11-4-3-9(7-10(11)17)16-15(21)14(20)13(19)12(8-18)23-16/h3-4,7,12-16,18-21H,2,5-6,8H2,1H3/t12-,13-,14+,15-,16+/m1/s1. The fraction of sp³-hybridized carbons (Fsp3) is 0.625. The number of rotatable bonds is 3. The monoisotopic (exact) mass is 325 g/mol. The average molecular weight is 325 g/mol. The number of fused-ring (bicyclic) bond motifs is 1. The van der Waals surface area contributed by atoms with Gasteiger partial charge in [0.15, 0.2) is 0 Å². The molecule has 23 heavy (non-hydrogen) atoms. The third-order valence-electron chi connectivity index (χ3n) is 4.54. The number of anilines is 1. The van der Waals surface area contributed by atoms with Crippen molar-refractivity contribution in [2.75, 3.05) is 31.2 Å². The van der Waals surface area contributed by atoms with Crippen LogP contribution >= 0.6 is 0 Å². The van der Waals surface area contributed by atoms with Crippen molar-refractivity contribution in [3.8, 4) is 5.75 Å². The minimum atomic E-state index is -1.37. The van der Waals surface area contributed by atoms with E-state index in [1.54, 1.807) is 6.07 Å². The number of aliphatic hydroxyl groups excluding tert-OH is 4. The van der Waals surface area contributed by atoms with Gasteiger partial charge >= 0.3 is 0 Å². The van der Waals surface area contributed by atoms with Crippen molar-refractivity contribution in [2.45, 2.75) is 37.4 Å². The summed E-state index contributed by atoms with van der Waals surface area (Å²) in [7, 11) is 0. The van der Waals surface area contributed by atoms with Crippen molar-refractivity contribution in [3.63, 3.8) is 0 Å². The lowest BCUT2D eigenvalue weighted by molar-refractivity contribution is -0.231. The third kappa shape index (κ3) is 2.90. The number of likely N-dealkylation sites (N-methyl/N-ethyl adjacent to an activating group) is 1. The molecule has 1 aromatic rings. The van der Waals surface area contributed by atoms with Gasteiger partial charge in [-0.25, -0.2) is 0 Å². The van der Waals surface area contributed by atoms with E-state index in [-0.39, 0.29) is 0 Å². The molecule has 0 bridgehead atoms. The summed E-state index contributed by atoms with van der Waals surface area (Å²) in [6.07, 6.45) is -5.73. The summed E-state index contributed by atoms with van der Waals surface area (Å²) >= 11 is 0. The van der Waals surface area contributed by atoms with Crippen LogP contribution in [0.5, 0.6) is 5.75 Å². The molecule has 2 aliphatic heterocycles. The van der Waals surface area contributed by atoms with Crippen molar-refractivity contribution >= 4 is 5.69 Å². The molecule has 4 N–H and O–H groups in total. The van der Waals surface area contributed by atoms with Gasteiger partial charge < -0.3 is 34.8 Å². The number of ether oxygens (including phenoxy) is 2. The summed E-state index contributed by atoms with van der Waals surface area (Å²) in [5, 5.41) is 39.3. The molecule has 0 spiro atoms. The number of aliphatic hydroxyl groups is 4. The van der Waals surface area contributed by atoms with Crippen molar-refractivity contribution in [1.82, 2.24) is 0 Å². The molecule has 2 aliphatic rings. The van der Waals surface area contributed by atoms with Crippen LogP contribution in [0, 0.1) is 0 Å². The van der Waals surface area contributed by atoms with Crippen LogP contribution in [0.25, 0.3) is 0 Å². The van der Waals surface area contributed by atoms with Crippen LogP contribution in [0.15, 0.2) is 18.2 Å². The topological polar surface area (TPSA) is 103 Å². The summed E-state index contributed by atoms with van der Waals surface area (Å²) in [6.45, 7) is 3.85. The molecule has 7 heteroatoms.